The van der Waals surface area contributed by atoms with Gasteiger partial charge in [0.2, 0.25) is 17.7 Å². The van der Waals surface area contributed by atoms with Crippen LogP contribution in [-0.4, -0.2) is 60.0 Å². The molecule has 3 amide bonds. The molecule has 1 spiro atoms. The van der Waals surface area contributed by atoms with Gasteiger partial charge in [0.05, 0.1) is 17.2 Å². The molecule has 10 heteroatoms. The molecule has 0 bridgehead atoms. The van der Waals surface area contributed by atoms with E-state index in [2.05, 4.69) is 26.3 Å². The minimum Gasteiger partial charge on any atom is -0.492 e. The Morgan fingerprint density at radius 1 is 0.929 bits per heavy atom. The van der Waals surface area contributed by atoms with Crippen molar-refractivity contribution in [2.45, 2.75) is 56.1 Å². The number of nitrogens with one attached hydrogen (secondary N) is 4. The highest BCUT2D eigenvalue weighted by molar-refractivity contribution is 7.07. The Labute approximate surface area is 250 Å². The molecule has 2 atom stereocenters. The Hall–Kier alpha value is -4.02. The van der Waals surface area contributed by atoms with E-state index in [1.54, 1.807) is 5.51 Å². The van der Waals surface area contributed by atoms with Gasteiger partial charge in [-0.1, -0.05) is 73.5 Å². The first-order chi connectivity index (χ1) is 20.5. The summed E-state index contributed by atoms with van der Waals surface area (Å²) in [6.07, 6.45) is 7.13. The van der Waals surface area contributed by atoms with Crippen molar-refractivity contribution >= 4 is 35.1 Å². The van der Waals surface area contributed by atoms with Crippen LogP contribution in [0.5, 0.6) is 5.75 Å². The average molecular weight is 588 g/mol. The topological polar surface area (TPSA) is 121 Å². The number of para-hydroxylation sites is 1. The van der Waals surface area contributed by atoms with Crippen molar-refractivity contribution < 1.29 is 19.1 Å². The zero-order valence-electron chi connectivity index (χ0n) is 23.5. The molecule has 1 aliphatic heterocycles. The number of carbonyl (C=O) groups excluding carboxylic acids is 3. The maximum atomic E-state index is 13.9. The van der Waals surface area contributed by atoms with Gasteiger partial charge in [-0.05, 0) is 24.5 Å². The zero-order chi connectivity index (χ0) is 29.2. The van der Waals surface area contributed by atoms with Crippen molar-refractivity contribution in [2.75, 3.05) is 19.7 Å². The first kappa shape index (κ1) is 29.5. The maximum absolute atomic E-state index is 13.9. The molecule has 2 aromatic carbocycles. The molecule has 4 N–H and O–H groups in total. The second kappa shape index (κ2) is 14.2. The summed E-state index contributed by atoms with van der Waals surface area (Å²) in [6, 6.07) is 15.9. The third-order valence-electron chi connectivity index (χ3n) is 7.73. The van der Waals surface area contributed by atoms with Gasteiger partial charge in [-0.15, -0.1) is 11.3 Å². The summed E-state index contributed by atoms with van der Waals surface area (Å²) in [5.74, 6) is -0.174. The number of ether oxygens (including phenoxy) is 1. The van der Waals surface area contributed by atoms with Gasteiger partial charge in [0, 0.05) is 36.9 Å². The molecule has 0 unspecified atom stereocenters. The smallest absolute Gasteiger partial charge is 0.246 e. The molecule has 42 heavy (non-hydrogen) atoms. The molecular weight excluding hydrogens is 550 g/mol. The van der Waals surface area contributed by atoms with Crippen LogP contribution in [0.4, 0.5) is 0 Å². The van der Waals surface area contributed by atoms with Crippen molar-refractivity contribution in [3.8, 4) is 5.75 Å². The van der Waals surface area contributed by atoms with E-state index in [1.807, 2.05) is 72.1 Å². The van der Waals surface area contributed by atoms with Gasteiger partial charge in [-0.2, -0.15) is 0 Å². The molecule has 1 fully saturated rings. The van der Waals surface area contributed by atoms with E-state index in [9.17, 15) is 14.4 Å². The van der Waals surface area contributed by atoms with E-state index in [-0.39, 0.29) is 24.3 Å². The Kier molecular flexibility index (Phi) is 9.99. The lowest BCUT2D eigenvalue weighted by molar-refractivity contribution is -0.136. The minimum atomic E-state index is -1.09. The third-order valence-corrected chi connectivity index (χ3v) is 8.37. The summed E-state index contributed by atoms with van der Waals surface area (Å²) in [4.78, 5) is 45.5. The normalized spacial score (nSPS) is 22.5. The van der Waals surface area contributed by atoms with Crippen molar-refractivity contribution in [1.82, 2.24) is 26.3 Å². The fourth-order valence-corrected chi connectivity index (χ4v) is 6.05. The van der Waals surface area contributed by atoms with E-state index < -0.39 is 17.6 Å². The maximum Gasteiger partial charge on any atom is 0.246 e. The van der Waals surface area contributed by atoms with E-state index in [4.69, 9.17) is 4.74 Å². The van der Waals surface area contributed by atoms with Crippen LogP contribution in [0.1, 0.15) is 42.5 Å². The van der Waals surface area contributed by atoms with Gasteiger partial charge in [-0.25, -0.2) is 4.98 Å². The number of rotatable bonds is 4. The highest BCUT2D eigenvalue weighted by Gasteiger charge is 2.44. The molecule has 1 aliphatic carbocycles. The minimum absolute atomic E-state index is 0.270. The number of nitrogens with zero attached hydrogens (tertiary/aromatic N) is 1. The molecule has 0 saturated heterocycles. The van der Waals surface area contributed by atoms with Crippen molar-refractivity contribution in [3.05, 3.63) is 88.4 Å². The van der Waals surface area contributed by atoms with Gasteiger partial charge < -0.3 is 26.0 Å². The number of amides is 3. The van der Waals surface area contributed by atoms with Crippen LogP contribution in [0.2, 0.25) is 0 Å². The lowest BCUT2D eigenvalue weighted by atomic mass is 9.94. The summed E-state index contributed by atoms with van der Waals surface area (Å²) in [5, 5.41) is 14.3. The quantitative estimate of drug-likeness (QED) is 0.373. The molecule has 5 rings (SSSR count). The van der Waals surface area contributed by atoms with E-state index in [0.29, 0.717) is 44.6 Å². The fourth-order valence-electron chi connectivity index (χ4n) is 5.48. The number of hydrogen-bond acceptors (Lipinski definition) is 7. The number of carbonyl (C=O) groups is 3. The van der Waals surface area contributed by atoms with Crippen molar-refractivity contribution in [2.24, 2.45) is 0 Å². The lowest BCUT2D eigenvalue weighted by Gasteiger charge is -2.33. The summed E-state index contributed by atoms with van der Waals surface area (Å²) in [7, 11) is 0. The van der Waals surface area contributed by atoms with Gasteiger partial charge >= 0.3 is 0 Å². The summed E-state index contributed by atoms with van der Waals surface area (Å²) in [5.41, 5.74) is 3.26. The second-order valence-corrected chi connectivity index (χ2v) is 11.4. The van der Waals surface area contributed by atoms with Gasteiger partial charge in [0.25, 0.3) is 0 Å². The number of benzene rings is 2. The fraction of sp³-hybridized carbons (Fsp3) is 0.375. The van der Waals surface area contributed by atoms with Crippen LogP contribution >= 0.6 is 11.3 Å². The third kappa shape index (κ3) is 7.63. The monoisotopic (exact) mass is 587 g/mol. The van der Waals surface area contributed by atoms with E-state index in [1.165, 1.54) is 11.3 Å². The summed E-state index contributed by atoms with van der Waals surface area (Å²) >= 11 is 1.47. The van der Waals surface area contributed by atoms with Crippen LogP contribution in [0.3, 0.4) is 0 Å². The highest BCUT2D eigenvalue weighted by atomic mass is 32.1. The molecule has 1 aromatic heterocycles. The van der Waals surface area contributed by atoms with Gasteiger partial charge in [0.1, 0.15) is 23.9 Å². The number of fused-ring (bicyclic) bond motifs is 1. The van der Waals surface area contributed by atoms with Gasteiger partial charge in [0.15, 0.2) is 0 Å². The molecule has 220 valence electrons. The average Bonchev–Trinajstić information content (AvgIpc) is 3.70. The van der Waals surface area contributed by atoms with Gasteiger partial charge in [-0.3, -0.25) is 14.4 Å². The SMILES string of the molecule is O=C1NC2(CCCC2)C(=O)N[C@@H](Cc2ccccc2)C(=O)NC/C=C\c2ccccc2OCCN[C@H]1Cc1cscn1. The molecule has 2 aliphatic rings. The van der Waals surface area contributed by atoms with Crippen LogP contribution in [-0.2, 0) is 27.2 Å². The van der Waals surface area contributed by atoms with E-state index >= 15 is 0 Å². The lowest BCUT2D eigenvalue weighted by Crippen LogP contribution is -2.63. The predicted molar refractivity (Wildman–Crippen MR) is 163 cm³/mol. The van der Waals surface area contributed by atoms with Crippen LogP contribution < -0.4 is 26.0 Å². The molecule has 1 saturated carbocycles. The van der Waals surface area contributed by atoms with Crippen molar-refractivity contribution in [1.29, 1.82) is 0 Å². The molecule has 3 aromatic rings. The molecule has 9 nitrogen and oxygen atoms in total. The number of thiazole rings is 1. The van der Waals surface area contributed by atoms with E-state index in [0.717, 1.165) is 29.7 Å². The first-order valence-electron chi connectivity index (χ1n) is 14.5. The Morgan fingerprint density at radius 2 is 1.71 bits per heavy atom. The molecular formula is C32H37N5O4S. The Balaban J connectivity index is 1.43. The first-order valence-corrected chi connectivity index (χ1v) is 15.4. The second-order valence-electron chi connectivity index (χ2n) is 10.7. The largest absolute Gasteiger partial charge is 0.492 e. The molecule has 2 heterocycles. The zero-order valence-corrected chi connectivity index (χ0v) is 24.3. The molecule has 0 radical (unpaired) electrons. The van der Waals surface area contributed by atoms with Crippen LogP contribution in [0.25, 0.3) is 6.08 Å². The summed E-state index contributed by atoms with van der Waals surface area (Å²) < 4.78 is 6.06. The van der Waals surface area contributed by atoms with Crippen LogP contribution in [0, 0.1) is 0 Å². The summed E-state index contributed by atoms with van der Waals surface area (Å²) in [6.45, 7) is 1.06. The van der Waals surface area contributed by atoms with Crippen LogP contribution in [0.15, 0.2) is 71.6 Å². The standard InChI is InChI=1S/C32H37N5O4S/c38-29-27(19-23-9-2-1-3-10-23)36-31(40)32(14-6-7-15-32)37-30(39)26(20-25-21-42-22-35-25)33-17-18-41-28-13-5-4-11-24(28)12-8-16-34-29/h1-5,8-13,21-22,26-27,33H,6-7,14-20H2,(H,34,38)(H,36,40)(H,37,39)/b12-8-/t26-,27-/m0/s1. The Morgan fingerprint density at radius 3 is 2.50 bits per heavy atom. The predicted octanol–water partition coefficient (Wildman–Crippen LogP) is 3.02. The number of aromatic nitrogens is 1. The number of hydrogen-bond donors (Lipinski definition) is 4. The van der Waals surface area contributed by atoms with Crippen molar-refractivity contribution in [3.63, 3.8) is 0 Å². The highest BCUT2D eigenvalue weighted by Crippen LogP contribution is 2.30. The Bertz CT molecular complexity index is 1370.